The van der Waals surface area contributed by atoms with E-state index in [9.17, 15) is 9.90 Å². The lowest BCUT2D eigenvalue weighted by atomic mass is 10.1. The predicted octanol–water partition coefficient (Wildman–Crippen LogP) is 2.35. The van der Waals surface area contributed by atoms with E-state index in [2.05, 4.69) is 18.7 Å². The van der Waals surface area contributed by atoms with Crippen molar-refractivity contribution in [3.05, 3.63) is 23.7 Å². The molecule has 0 aromatic carbocycles. The number of likely N-dealkylation sites (N-methyl/N-ethyl adjacent to an activating group) is 1. The van der Waals surface area contributed by atoms with Crippen LogP contribution in [-0.4, -0.2) is 52.6 Å². The minimum Gasteiger partial charge on any atom is -0.455 e. The molecule has 0 unspecified atom stereocenters. The van der Waals surface area contributed by atoms with Gasteiger partial charge >= 0.3 is 0 Å². The maximum absolute atomic E-state index is 12.4. The summed E-state index contributed by atoms with van der Waals surface area (Å²) in [5, 5.41) is 9.87. The van der Waals surface area contributed by atoms with Gasteiger partial charge in [0.25, 0.3) is 5.91 Å². The molecule has 0 aliphatic rings. The molecule has 1 aromatic heterocycles. The zero-order valence-electron chi connectivity index (χ0n) is 13.8. The Kier molecular flexibility index (Phi) is 6.42. The summed E-state index contributed by atoms with van der Waals surface area (Å²) < 4.78 is 5.66. The molecular weight excluding hydrogens is 268 g/mol. The first-order valence-electron chi connectivity index (χ1n) is 7.63. The Labute approximate surface area is 127 Å². The molecule has 1 heterocycles. The summed E-state index contributed by atoms with van der Waals surface area (Å²) in [5.74, 6) is 0.954. The zero-order chi connectivity index (χ0) is 16.0. The van der Waals surface area contributed by atoms with E-state index in [-0.39, 0.29) is 12.5 Å². The summed E-state index contributed by atoms with van der Waals surface area (Å²) in [6.45, 7) is 12.9. The van der Waals surface area contributed by atoms with Gasteiger partial charge in [-0.05, 0) is 46.0 Å². The summed E-state index contributed by atoms with van der Waals surface area (Å²) in [4.78, 5) is 16.2. The second-order valence-corrected chi connectivity index (χ2v) is 5.86. The molecule has 0 saturated heterocycles. The molecule has 0 radical (unpaired) electrons. The predicted molar refractivity (Wildman–Crippen MR) is 83.2 cm³/mol. The first-order valence-corrected chi connectivity index (χ1v) is 7.63. The summed E-state index contributed by atoms with van der Waals surface area (Å²) in [5.41, 5.74) is -0.914. The number of furan rings is 1. The molecule has 0 bridgehead atoms. The molecule has 1 rings (SSSR count). The van der Waals surface area contributed by atoms with E-state index >= 15 is 0 Å². The van der Waals surface area contributed by atoms with E-state index in [4.69, 9.17) is 4.42 Å². The highest BCUT2D eigenvalue weighted by atomic mass is 16.4. The van der Waals surface area contributed by atoms with Crippen molar-refractivity contribution >= 4 is 5.91 Å². The molecule has 21 heavy (non-hydrogen) atoms. The van der Waals surface area contributed by atoms with Crippen LogP contribution < -0.4 is 0 Å². The van der Waals surface area contributed by atoms with Crippen molar-refractivity contribution in [3.63, 3.8) is 0 Å². The van der Waals surface area contributed by atoms with Crippen LogP contribution in [0.1, 0.15) is 50.9 Å². The third-order valence-corrected chi connectivity index (χ3v) is 3.39. The second-order valence-electron chi connectivity index (χ2n) is 5.86. The lowest BCUT2D eigenvalue weighted by molar-refractivity contribution is 0.0297. The Morgan fingerprint density at radius 1 is 1.19 bits per heavy atom. The van der Waals surface area contributed by atoms with Crippen molar-refractivity contribution in [3.8, 4) is 0 Å². The van der Waals surface area contributed by atoms with Crippen molar-refractivity contribution in [2.75, 3.05) is 26.2 Å². The van der Waals surface area contributed by atoms with Crippen molar-refractivity contribution in [1.82, 2.24) is 9.80 Å². The van der Waals surface area contributed by atoms with Crippen LogP contribution in [0.15, 0.2) is 16.5 Å². The second kappa shape index (κ2) is 7.61. The van der Waals surface area contributed by atoms with Gasteiger partial charge in [-0.1, -0.05) is 13.8 Å². The summed E-state index contributed by atoms with van der Waals surface area (Å²) in [6, 6.07) is 3.57. The Bertz CT molecular complexity index is 445. The third kappa shape index (κ3) is 5.52. The van der Waals surface area contributed by atoms with E-state index in [1.807, 2.05) is 13.0 Å². The average Bonchev–Trinajstić information content (AvgIpc) is 2.88. The van der Waals surface area contributed by atoms with Gasteiger partial charge in [-0.3, -0.25) is 9.69 Å². The van der Waals surface area contributed by atoms with Crippen molar-refractivity contribution < 1.29 is 14.3 Å². The molecule has 0 fully saturated rings. The fraction of sp³-hybridized carbons (Fsp3) is 0.688. The Morgan fingerprint density at radius 2 is 1.81 bits per heavy atom. The Morgan fingerprint density at radius 3 is 2.29 bits per heavy atom. The largest absolute Gasteiger partial charge is 0.455 e. The van der Waals surface area contributed by atoms with E-state index in [1.54, 1.807) is 24.8 Å². The number of aliphatic hydroxyl groups is 1. The molecule has 0 spiro atoms. The SMILES string of the molecule is CCN(CC)Cc1ccc(C(=O)N(CC)CC(C)(C)O)o1. The van der Waals surface area contributed by atoms with Gasteiger partial charge < -0.3 is 14.4 Å². The first-order chi connectivity index (χ1) is 9.80. The fourth-order valence-corrected chi connectivity index (χ4v) is 2.20. The number of hydrogen-bond acceptors (Lipinski definition) is 4. The molecule has 0 aliphatic carbocycles. The summed E-state index contributed by atoms with van der Waals surface area (Å²) >= 11 is 0. The van der Waals surface area contributed by atoms with Crippen LogP contribution >= 0.6 is 0 Å². The molecular formula is C16H28N2O3. The number of carbonyl (C=O) groups excluding carboxylic acids is 1. The van der Waals surface area contributed by atoms with Crippen molar-refractivity contribution in [2.24, 2.45) is 0 Å². The maximum Gasteiger partial charge on any atom is 0.289 e. The van der Waals surface area contributed by atoms with Gasteiger partial charge in [-0.25, -0.2) is 0 Å². The molecule has 1 aromatic rings. The molecule has 5 heteroatoms. The fourth-order valence-electron chi connectivity index (χ4n) is 2.20. The first kappa shape index (κ1) is 17.7. The minimum atomic E-state index is -0.914. The standard InChI is InChI=1S/C16H28N2O3/c1-6-17(7-2)11-13-9-10-14(21-13)15(19)18(8-3)12-16(4,5)20/h9-10,20H,6-8,11-12H2,1-5H3. The molecule has 1 N–H and O–H groups in total. The van der Waals surface area contributed by atoms with Crippen LogP contribution in [0.4, 0.5) is 0 Å². The molecule has 1 amide bonds. The van der Waals surface area contributed by atoms with Gasteiger partial charge in [0.05, 0.1) is 12.1 Å². The number of rotatable bonds is 8. The van der Waals surface area contributed by atoms with E-state index in [1.165, 1.54) is 0 Å². The third-order valence-electron chi connectivity index (χ3n) is 3.39. The lowest BCUT2D eigenvalue weighted by Gasteiger charge is -2.27. The van der Waals surface area contributed by atoms with Gasteiger partial charge in [-0.15, -0.1) is 0 Å². The van der Waals surface area contributed by atoms with Crippen molar-refractivity contribution in [1.29, 1.82) is 0 Å². The highest BCUT2D eigenvalue weighted by molar-refractivity contribution is 5.91. The van der Waals surface area contributed by atoms with Gasteiger partial charge in [0.1, 0.15) is 5.76 Å². The summed E-state index contributed by atoms with van der Waals surface area (Å²) in [6.07, 6.45) is 0. The van der Waals surface area contributed by atoms with Crippen LogP contribution in [0.3, 0.4) is 0 Å². The number of carbonyl (C=O) groups is 1. The Balaban J connectivity index is 2.76. The quantitative estimate of drug-likeness (QED) is 0.800. The Hall–Kier alpha value is -1.33. The average molecular weight is 296 g/mol. The molecule has 120 valence electrons. The highest BCUT2D eigenvalue weighted by Crippen LogP contribution is 2.15. The van der Waals surface area contributed by atoms with Gasteiger partial charge in [0.2, 0.25) is 0 Å². The monoisotopic (exact) mass is 296 g/mol. The van der Waals surface area contributed by atoms with Crippen LogP contribution in [0.25, 0.3) is 0 Å². The highest BCUT2D eigenvalue weighted by Gasteiger charge is 2.24. The molecule has 0 aliphatic heterocycles. The van der Waals surface area contributed by atoms with Gasteiger partial charge in [0.15, 0.2) is 5.76 Å². The normalized spacial score (nSPS) is 12.0. The van der Waals surface area contributed by atoms with E-state index < -0.39 is 5.60 Å². The zero-order valence-corrected chi connectivity index (χ0v) is 13.8. The van der Waals surface area contributed by atoms with E-state index in [0.717, 1.165) is 18.8 Å². The minimum absolute atomic E-state index is 0.176. The van der Waals surface area contributed by atoms with Crippen LogP contribution in [0.2, 0.25) is 0 Å². The number of nitrogens with zero attached hydrogens (tertiary/aromatic N) is 2. The molecule has 0 atom stereocenters. The van der Waals surface area contributed by atoms with E-state index in [0.29, 0.717) is 18.8 Å². The van der Waals surface area contributed by atoms with Crippen LogP contribution in [0.5, 0.6) is 0 Å². The number of hydrogen-bond donors (Lipinski definition) is 1. The van der Waals surface area contributed by atoms with Crippen LogP contribution in [-0.2, 0) is 6.54 Å². The molecule has 5 nitrogen and oxygen atoms in total. The van der Waals surface area contributed by atoms with Gasteiger partial charge in [0, 0.05) is 13.1 Å². The number of amides is 1. The topological polar surface area (TPSA) is 56.9 Å². The van der Waals surface area contributed by atoms with Crippen LogP contribution in [0, 0.1) is 0 Å². The maximum atomic E-state index is 12.4. The lowest BCUT2D eigenvalue weighted by Crippen LogP contribution is -2.42. The van der Waals surface area contributed by atoms with Crippen molar-refractivity contribution in [2.45, 2.75) is 46.8 Å². The smallest absolute Gasteiger partial charge is 0.289 e. The molecule has 0 saturated carbocycles. The van der Waals surface area contributed by atoms with Gasteiger partial charge in [-0.2, -0.15) is 0 Å². The summed E-state index contributed by atoms with van der Waals surface area (Å²) in [7, 11) is 0.